The van der Waals surface area contributed by atoms with Gasteiger partial charge in [0.15, 0.2) is 16.7 Å². The van der Waals surface area contributed by atoms with E-state index in [1.165, 1.54) is 11.8 Å². The summed E-state index contributed by atoms with van der Waals surface area (Å²) in [7, 11) is 1.80. The van der Waals surface area contributed by atoms with E-state index in [2.05, 4.69) is 20.8 Å². The van der Waals surface area contributed by atoms with Gasteiger partial charge in [-0.2, -0.15) is 0 Å². The Morgan fingerprint density at radius 3 is 2.71 bits per heavy atom. The van der Waals surface area contributed by atoms with Crippen molar-refractivity contribution in [2.24, 2.45) is 7.05 Å². The lowest BCUT2D eigenvalue weighted by Gasteiger charge is -2.10. The summed E-state index contributed by atoms with van der Waals surface area (Å²) in [5.74, 6) is 0.796. The van der Waals surface area contributed by atoms with Gasteiger partial charge in [0.2, 0.25) is 11.8 Å². The lowest BCUT2D eigenvalue weighted by atomic mass is 10.1. The van der Waals surface area contributed by atoms with Crippen molar-refractivity contribution in [3.05, 3.63) is 48.2 Å². The molecule has 9 heteroatoms. The van der Waals surface area contributed by atoms with E-state index in [4.69, 9.17) is 4.42 Å². The Labute approximate surface area is 166 Å². The van der Waals surface area contributed by atoms with Crippen molar-refractivity contribution in [1.82, 2.24) is 20.1 Å². The number of para-hydroxylation sites is 1. The van der Waals surface area contributed by atoms with E-state index in [0.29, 0.717) is 16.7 Å². The van der Waals surface area contributed by atoms with Crippen LogP contribution in [0.4, 0.5) is 5.69 Å². The average molecular weight is 399 g/mol. The summed E-state index contributed by atoms with van der Waals surface area (Å²) >= 11 is 1.24. The van der Waals surface area contributed by atoms with Crippen molar-refractivity contribution in [1.29, 1.82) is 0 Å². The zero-order valence-corrected chi connectivity index (χ0v) is 16.5. The molecule has 0 spiro atoms. The summed E-state index contributed by atoms with van der Waals surface area (Å²) < 4.78 is 7.07. The number of aryl methyl sites for hydroxylation is 1. The van der Waals surface area contributed by atoms with E-state index in [0.717, 1.165) is 17.7 Å². The molecule has 2 aromatic heterocycles. The Morgan fingerprint density at radius 1 is 1.14 bits per heavy atom. The molecular formula is C19H21N5O3S. The molecule has 0 aliphatic rings. The minimum absolute atomic E-state index is 0.0894. The van der Waals surface area contributed by atoms with Gasteiger partial charge in [-0.05, 0) is 30.2 Å². The number of amides is 2. The predicted molar refractivity (Wildman–Crippen MR) is 107 cm³/mol. The van der Waals surface area contributed by atoms with Gasteiger partial charge in [0.25, 0.3) is 0 Å². The number of hydrogen-bond donors (Lipinski definition) is 2. The third kappa shape index (κ3) is 4.80. The van der Waals surface area contributed by atoms with Crippen LogP contribution in [0.25, 0.3) is 11.6 Å². The standard InChI is InChI=1S/C19H21N5O3S/c1-3-13-7-4-5-8-14(13)21-16(25)11-20-17(26)12-28-19-23-22-18(24(19)2)15-9-6-10-27-15/h4-10H,3,11-12H2,1-2H3,(H,20,26)(H,21,25). The molecule has 1 aromatic carbocycles. The number of rotatable bonds is 8. The Hall–Kier alpha value is -3.07. The number of nitrogens with zero attached hydrogens (tertiary/aromatic N) is 3. The number of benzene rings is 1. The predicted octanol–water partition coefficient (Wildman–Crippen LogP) is 2.48. The molecule has 0 bridgehead atoms. The smallest absolute Gasteiger partial charge is 0.243 e. The summed E-state index contributed by atoms with van der Waals surface area (Å²) in [5, 5.41) is 14.2. The second kappa shape index (κ2) is 9.23. The van der Waals surface area contributed by atoms with Crippen LogP contribution >= 0.6 is 11.8 Å². The molecule has 0 radical (unpaired) electrons. The van der Waals surface area contributed by atoms with Gasteiger partial charge in [0.1, 0.15) is 0 Å². The van der Waals surface area contributed by atoms with E-state index in [-0.39, 0.29) is 24.1 Å². The second-order valence-electron chi connectivity index (χ2n) is 5.97. The van der Waals surface area contributed by atoms with Crippen LogP contribution in [0.2, 0.25) is 0 Å². The summed E-state index contributed by atoms with van der Waals surface area (Å²) in [6, 6.07) is 11.2. The maximum atomic E-state index is 12.1. The molecule has 0 saturated heterocycles. The Balaban J connectivity index is 1.47. The largest absolute Gasteiger partial charge is 0.461 e. The van der Waals surface area contributed by atoms with Gasteiger partial charge < -0.3 is 19.6 Å². The van der Waals surface area contributed by atoms with E-state index >= 15 is 0 Å². The molecular weight excluding hydrogens is 378 g/mol. The Bertz CT molecular complexity index is 952. The third-order valence-corrected chi connectivity index (χ3v) is 5.05. The molecule has 0 fully saturated rings. The van der Waals surface area contributed by atoms with Crippen LogP contribution in [0.3, 0.4) is 0 Å². The van der Waals surface area contributed by atoms with Gasteiger partial charge in [0, 0.05) is 12.7 Å². The SMILES string of the molecule is CCc1ccccc1NC(=O)CNC(=O)CSc1nnc(-c2ccco2)n1C. The minimum atomic E-state index is -0.266. The van der Waals surface area contributed by atoms with Gasteiger partial charge in [0.05, 0.1) is 18.6 Å². The van der Waals surface area contributed by atoms with Crippen molar-refractivity contribution < 1.29 is 14.0 Å². The van der Waals surface area contributed by atoms with Gasteiger partial charge in [-0.3, -0.25) is 9.59 Å². The first kappa shape index (κ1) is 19.7. The second-order valence-corrected chi connectivity index (χ2v) is 6.91. The van der Waals surface area contributed by atoms with Crippen LogP contribution in [0.5, 0.6) is 0 Å². The molecule has 0 aliphatic heterocycles. The molecule has 28 heavy (non-hydrogen) atoms. The molecule has 0 unspecified atom stereocenters. The first-order valence-electron chi connectivity index (χ1n) is 8.79. The quantitative estimate of drug-likeness (QED) is 0.564. The average Bonchev–Trinajstić information content (AvgIpc) is 3.35. The van der Waals surface area contributed by atoms with Crippen LogP contribution in [0.15, 0.2) is 52.2 Å². The number of nitrogens with one attached hydrogen (secondary N) is 2. The fraction of sp³-hybridized carbons (Fsp3) is 0.263. The fourth-order valence-electron chi connectivity index (χ4n) is 2.57. The van der Waals surface area contributed by atoms with Gasteiger partial charge >= 0.3 is 0 Å². The highest BCUT2D eigenvalue weighted by molar-refractivity contribution is 7.99. The number of carbonyl (C=O) groups excluding carboxylic acids is 2. The fourth-order valence-corrected chi connectivity index (χ4v) is 3.31. The van der Waals surface area contributed by atoms with Crippen LogP contribution in [-0.2, 0) is 23.1 Å². The molecule has 3 aromatic rings. The number of furan rings is 1. The highest BCUT2D eigenvalue weighted by atomic mass is 32.2. The molecule has 3 rings (SSSR count). The van der Waals surface area contributed by atoms with Crippen LogP contribution in [0, 0.1) is 0 Å². The van der Waals surface area contributed by atoms with E-state index < -0.39 is 0 Å². The minimum Gasteiger partial charge on any atom is -0.461 e. The maximum Gasteiger partial charge on any atom is 0.243 e. The molecule has 8 nitrogen and oxygen atoms in total. The van der Waals surface area contributed by atoms with Crippen LogP contribution in [0.1, 0.15) is 12.5 Å². The Morgan fingerprint density at radius 2 is 1.96 bits per heavy atom. The van der Waals surface area contributed by atoms with E-state index in [1.54, 1.807) is 30.0 Å². The molecule has 0 saturated carbocycles. The zero-order chi connectivity index (χ0) is 19.9. The molecule has 2 heterocycles. The van der Waals surface area contributed by atoms with Crippen LogP contribution < -0.4 is 10.6 Å². The monoisotopic (exact) mass is 399 g/mol. The molecule has 0 aliphatic carbocycles. The van der Waals surface area contributed by atoms with Crippen molar-refractivity contribution >= 4 is 29.3 Å². The lowest BCUT2D eigenvalue weighted by Crippen LogP contribution is -2.34. The Kier molecular flexibility index (Phi) is 6.49. The van der Waals surface area contributed by atoms with Gasteiger partial charge in [-0.15, -0.1) is 10.2 Å². The molecule has 2 N–H and O–H groups in total. The maximum absolute atomic E-state index is 12.1. The summed E-state index contributed by atoms with van der Waals surface area (Å²) in [4.78, 5) is 24.1. The lowest BCUT2D eigenvalue weighted by molar-refractivity contribution is -0.122. The highest BCUT2D eigenvalue weighted by Gasteiger charge is 2.15. The summed E-state index contributed by atoms with van der Waals surface area (Å²) in [6.45, 7) is 1.93. The molecule has 2 amide bonds. The number of thioether (sulfide) groups is 1. The first-order chi connectivity index (χ1) is 13.6. The summed E-state index contributed by atoms with van der Waals surface area (Å²) in [6.07, 6.45) is 2.38. The van der Waals surface area contributed by atoms with E-state index in [1.807, 2.05) is 31.2 Å². The van der Waals surface area contributed by atoms with Gasteiger partial charge in [-0.1, -0.05) is 36.9 Å². The number of carbonyl (C=O) groups is 2. The van der Waals surface area contributed by atoms with Crippen molar-refractivity contribution in [2.75, 3.05) is 17.6 Å². The number of anilines is 1. The van der Waals surface area contributed by atoms with Crippen molar-refractivity contribution in [3.63, 3.8) is 0 Å². The van der Waals surface area contributed by atoms with E-state index in [9.17, 15) is 9.59 Å². The zero-order valence-electron chi connectivity index (χ0n) is 15.6. The van der Waals surface area contributed by atoms with Crippen molar-refractivity contribution in [3.8, 4) is 11.6 Å². The highest BCUT2D eigenvalue weighted by Crippen LogP contribution is 2.22. The molecule has 146 valence electrons. The normalized spacial score (nSPS) is 10.6. The number of hydrogen-bond acceptors (Lipinski definition) is 6. The van der Waals surface area contributed by atoms with Gasteiger partial charge in [-0.25, -0.2) is 0 Å². The van der Waals surface area contributed by atoms with Crippen molar-refractivity contribution in [2.45, 2.75) is 18.5 Å². The van der Waals surface area contributed by atoms with Crippen LogP contribution in [-0.4, -0.2) is 38.9 Å². The first-order valence-corrected chi connectivity index (χ1v) is 9.77. The number of aromatic nitrogens is 3. The summed E-state index contributed by atoms with van der Waals surface area (Å²) in [5.41, 5.74) is 1.82. The topological polar surface area (TPSA) is 102 Å². The molecule has 0 atom stereocenters. The third-order valence-electron chi connectivity index (χ3n) is 4.03.